The molecule has 1 amide bonds. The van der Waals surface area contributed by atoms with Crippen molar-refractivity contribution in [2.45, 2.75) is 115 Å². The van der Waals surface area contributed by atoms with E-state index in [2.05, 4.69) is 37.0 Å². The molecule has 1 unspecified atom stereocenters. The molecule has 0 heterocycles. The number of ether oxygens (including phenoxy) is 3. The normalized spacial score (nSPS) is 42.1. The summed E-state index contributed by atoms with van der Waals surface area (Å²) in [5, 5.41) is 24.7. The van der Waals surface area contributed by atoms with Crippen LogP contribution < -0.4 is 14.2 Å². The SMILES string of the molecule is COc1ccc(C(=O)C2=C[C@@]34C=C[C@@]25[C@@H]2CC[C@@](O)(CN(CC67CC8CC(CC(C8)C6)C7)C(=O)Cc6ccc(OC)c(OC)c6)[C@@]2(C)CC[C@@H]5[C@@]3(C)CCC(O)C4)cc1. The summed E-state index contributed by atoms with van der Waals surface area (Å²) in [5.41, 5.74) is -0.297. The lowest BCUT2D eigenvalue weighted by Crippen LogP contribution is -2.67. The highest BCUT2D eigenvalue weighted by atomic mass is 16.5. The Bertz CT molecular complexity index is 2050. The minimum Gasteiger partial charge on any atom is -0.497 e. The molecule has 316 valence electrons. The minimum absolute atomic E-state index is 0.00720. The van der Waals surface area contributed by atoms with Gasteiger partial charge in [-0.15, -0.1) is 0 Å². The molecule has 2 aromatic rings. The van der Waals surface area contributed by atoms with Gasteiger partial charge in [-0.1, -0.05) is 38.1 Å². The topological polar surface area (TPSA) is 106 Å². The molecule has 8 heteroatoms. The molecule has 10 aliphatic rings. The standard InChI is InChI=1S/C51H65NO7/c1-46-15-12-37(53)28-49(46)18-19-51(39(29-49)45(55)36-7-9-38(57-3)10-8-36)42(46)13-16-47(2)43(51)14-17-50(47,56)31-52(30-48-25-33-20-34(26-48)22-35(21-33)27-48)44(54)24-32-6-11-40(58-4)41(23-32)59-5/h6-11,18-19,23,29,33-35,37,42-43,53,56H,12-17,20-22,24-28,30-31H2,1-5H3/t33?,34?,35?,37?,42-,43-,46-,47+,48?,49+,50-,51-/m1/s1. The number of allylic oxidation sites excluding steroid dienone is 4. The van der Waals surface area contributed by atoms with E-state index in [0.717, 1.165) is 61.0 Å². The Hall–Kier alpha value is -3.62. The van der Waals surface area contributed by atoms with Crippen LogP contribution >= 0.6 is 0 Å². The van der Waals surface area contributed by atoms with Crippen molar-refractivity contribution in [3.05, 3.63) is 77.4 Å². The number of ketones is 1. The van der Waals surface area contributed by atoms with Gasteiger partial charge in [0.2, 0.25) is 5.91 Å². The molecule has 0 saturated heterocycles. The zero-order valence-electron chi connectivity index (χ0n) is 35.9. The van der Waals surface area contributed by atoms with Crippen LogP contribution in [0.3, 0.4) is 0 Å². The quantitative estimate of drug-likeness (QED) is 0.173. The molecular formula is C51H65NO7. The molecule has 6 bridgehead atoms. The second kappa shape index (κ2) is 13.7. The fourth-order valence-electron chi connectivity index (χ4n) is 16.2. The third-order valence-electron chi connectivity index (χ3n) is 18.6. The summed E-state index contributed by atoms with van der Waals surface area (Å²) in [4.78, 5) is 32.2. The maximum atomic E-state index is 15.1. The van der Waals surface area contributed by atoms with Gasteiger partial charge >= 0.3 is 0 Å². The lowest BCUT2D eigenvalue weighted by atomic mass is 9.32. The van der Waals surface area contributed by atoms with Crippen molar-refractivity contribution < 1.29 is 34.0 Å². The predicted molar refractivity (Wildman–Crippen MR) is 226 cm³/mol. The minimum atomic E-state index is -1.13. The summed E-state index contributed by atoms with van der Waals surface area (Å²) < 4.78 is 16.6. The number of carbonyl (C=O) groups is 2. The van der Waals surface area contributed by atoms with E-state index in [1.54, 1.807) is 21.3 Å². The van der Waals surface area contributed by atoms with E-state index in [0.29, 0.717) is 48.7 Å². The molecule has 0 radical (unpaired) electrons. The van der Waals surface area contributed by atoms with Crippen LogP contribution in [-0.2, 0) is 11.2 Å². The first-order valence-electron chi connectivity index (χ1n) is 22.7. The number of benzene rings is 2. The van der Waals surface area contributed by atoms with Gasteiger partial charge in [0.25, 0.3) is 0 Å². The highest BCUT2D eigenvalue weighted by Gasteiger charge is 2.74. The van der Waals surface area contributed by atoms with Gasteiger partial charge < -0.3 is 29.3 Å². The van der Waals surface area contributed by atoms with Gasteiger partial charge in [0.15, 0.2) is 17.3 Å². The lowest BCUT2D eigenvalue weighted by molar-refractivity contribution is -0.181. The van der Waals surface area contributed by atoms with Gasteiger partial charge in [0.1, 0.15) is 5.75 Å². The van der Waals surface area contributed by atoms with Crippen LogP contribution in [0.2, 0.25) is 0 Å². The van der Waals surface area contributed by atoms with Crippen LogP contribution in [-0.4, -0.2) is 72.9 Å². The van der Waals surface area contributed by atoms with Crippen molar-refractivity contribution in [2.75, 3.05) is 34.4 Å². The Kier molecular flexibility index (Phi) is 9.17. The number of carbonyl (C=O) groups excluding carboxylic acids is 2. The van der Waals surface area contributed by atoms with E-state index in [4.69, 9.17) is 14.2 Å². The molecule has 10 aliphatic carbocycles. The molecule has 2 N–H and O–H groups in total. The molecule has 8 atom stereocenters. The fourth-order valence-corrected chi connectivity index (χ4v) is 16.2. The van der Waals surface area contributed by atoms with Crippen molar-refractivity contribution in [1.29, 1.82) is 0 Å². The lowest BCUT2D eigenvalue weighted by Gasteiger charge is -2.71. The number of hydrogen-bond acceptors (Lipinski definition) is 7. The second-order valence-corrected chi connectivity index (χ2v) is 21.4. The average molecular weight is 804 g/mol. The number of methoxy groups -OCH3 is 3. The molecule has 0 aliphatic heterocycles. The first-order valence-corrected chi connectivity index (χ1v) is 22.7. The Labute approximate surface area is 350 Å². The Morgan fingerprint density at radius 3 is 2.05 bits per heavy atom. The number of rotatable bonds is 11. The first kappa shape index (κ1) is 39.5. The summed E-state index contributed by atoms with van der Waals surface area (Å²) in [5.74, 6) is 4.52. The smallest absolute Gasteiger partial charge is 0.227 e. The van der Waals surface area contributed by atoms with Crippen LogP contribution in [0.1, 0.15) is 113 Å². The van der Waals surface area contributed by atoms with Crippen LogP contribution in [0, 0.1) is 56.7 Å². The van der Waals surface area contributed by atoms with E-state index in [9.17, 15) is 15.0 Å². The number of amides is 1. The maximum Gasteiger partial charge on any atom is 0.227 e. The van der Waals surface area contributed by atoms with E-state index >= 15 is 4.79 Å². The summed E-state index contributed by atoms with van der Waals surface area (Å²) in [6.07, 6.45) is 19.8. The van der Waals surface area contributed by atoms with Gasteiger partial charge in [0.05, 0.1) is 39.5 Å². The molecule has 2 spiro atoms. The van der Waals surface area contributed by atoms with Gasteiger partial charge in [0, 0.05) is 40.5 Å². The summed E-state index contributed by atoms with van der Waals surface area (Å²) in [6.45, 7) is 5.72. The Morgan fingerprint density at radius 1 is 0.746 bits per heavy atom. The van der Waals surface area contributed by atoms with E-state index in [1.165, 1.54) is 38.5 Å². The van der Waals surface area contributed by atoms with Crippen LogP contribution in [0.4, 0.5) is 0 Å². The van der Waals surface area contributed by atoms with Crippen molar-refractivity contribution in [3.8, 4) is 17.2 Å². The van der Waals surface area contributed by atoms with Crippen molar-refractivity contribution in [1.82, 2.24) is 4.90 Å². The highest BCUT2D eigenvalue weighted by molar-refractivity contribution is 6.10. The average Bonchev–Trinajstić information content (AvgIpc) is 3.49. The maximum absolute atomic E-state index is 15.1. The highest BCUT2D eigenvalue weighted by Crippen LogP contribution is 2.78. The zero-order valence-corrected chi connectivity index (χ0v) is 35.9. The molecule has 12 rings (SSSR count). The zero-order chi connectivity index (χ0) is 41.2. The second-order valence-electron chi connectivity index (χ2n) is 21.4. The van der Waals surface area contributed by atoms with Crippen LogP contribution in [0.25, 0.3) is 0 Å². The molecule has 59 heavy (non-hydrogen) atoms. The predicted octanol–water partition coefficient (Wildman–Crippen LogP) is 8.77. The fraction of sp³-hybridized carbons (Fsp3) is 0.647. The van der Waals surface area contributed by atoms with Crippen LogP contribution in [0.5, 0.6) is 17.2 Å². The molecule has 2 aromatic carbocycles. The number of fused-ring (bicyclic) bond motifs is 1. The molecule has 8 nitrogen and oxygen atoms in total. The number of Topliss-reactive ketones (excluding diaryl/α,β-unsaturated/α-hetero) is 1. The van der Waals surface area contributed by atoms with Crippen molar-refractivity contribution in [2.24, 2.45) is 56.7 Å². The third kappa shape index (κ3) is 5.73. The number of aliphatic hydroxyl groups excluding tert-OH is 1. The number of aliphatic hydroxyl groups is 2. The molecule has 7 saturated carbocycles. The molecule has 0 aromatic heterocycles. The van der Waals surface area contributed by atoms with Crippen molar-refractivity contribution in [3.63, 3.8) is 0 Å². The molecule has 7 fully saturated rings. The van der Waals surface area contributed by atoms with Crippen molar-refractivity contribution >= 4 is 11.7 Å². The third-order valence-corrected chi connectivity index (χ3v) is 18.6. The van der Waals surface area contributed by atoms with E-state index in [1.807, 2.05) is 42.5 Å². The van der Waals surface area contributed by atoms with Crippen LogP contribution in [0.15, 0.2) is 66.3 Å². The Morgan fingerprint density at radius 2 is 1.39 bits per heavy atom. The molecular weight excluding hydrogens is 739 g/mol. The Balaban J connectivity index is 1.02. The van der Waals surface area contributed by atoms with Gasteiger partial charge in [-0.25, -0.2) is 0 Å². The van der Waals surface area contributed by atoms with E-state index < -0.39 is 27.9 Å². The monoisotopic (exact) mass is 803 g/mol. The summed E-state index contributed by atoms with van der Waals surface area (Å²) in [7, 11) is 4.89. The number of nitrogens with zero attached hydrogens (tertiary/aromatic N) is 1. The largest absolute Gasteiger partial charge is 0.497 e. The van der Waals surface area contributed by atoms with Gasteiger partial charge in [-0.3, -0.25) is 9.59 Å². The van der Waals surface area contributed by atoms with Gasteiger partial charge in [-0.05, 0) is 166 Å². The summed E-state index contributed by atoms with van der Waals surface area (Å²) >= 11 is 0. The van der Waals surface area contributed by atoms with Gasteiger partial charge in [-0.2, -0.15) is 0 Å². The number of hydrogen-bond donors (Lipinski definition) is 2. The summed E-state index contributed by atoms with van der Waals surface area (Å²) in [6, 6.07) is 13.2. The van der Waals surface area contributed by atoms with E-state index in [-0.39, 0.29) is 40.8 Å². The first-order chi connectivity index (χ1) is 28.2.